The minimum absolute atomic E-state index is 0.0432. The number of aromatic hydroxyl groups is 2. The van der Waals surface area contributed by atoms with Gasteiger partial charge in [0.2, 0.25) is 5.91 Å². The fraction of sp³-hybridized carbons (Fsp3) is 0.303. The summed E-state index contributed by atoms with van der Waals surface area (Å²) >= 11 is 0. The molecule has 4 rings (SSSR count). The van der Waals surface area contributed by atoms with E-state index in [2.05, 4.69) is 58.7 Å². The molecule has 0 bridgehead atoms. The lowest BCUT2D eigenvalue weighted by Crippen LogP contribution is -2.38. The van der Waals surface area contributed by atoms with E-state index < -0.39 is 0 Å². The highest BCUT2D eigenvalue weighted by molar-refractivity contribution is 5.87. The molecule has 39 heavy (non-hydrogen) atoms. The molecule has 0 aliphatic carbocycles. The number of hydrogen-bond acceptors (Lipinski definition) is 5. The van der Waals surface area contributed by atoms with E-state index in [1.54, 1.807) is 24.3 Å². The van der Waals surface area contributed by atoms with Gasteiger partial charge in [0.15, 0.2) is 11.5 Å². The van der Waals surface area contributed by atoms with Crippen molar-refractivity contribution >= 4 is 12.0 Å². The van der Waals surface area contributed by atoms with Gasteiger partial charge in [-0.25, -0.2) is 0 Å². The van der Waals surface area contributed by atoms with E-state index in [-0.39, 0.29) is 29.6 Å². The predicted molar refractivity (Wildman–Crippen MR) is 155 cm³/mol. The number of nitrogens with zero attached hydrogens (tertiary/aromatic N) is 1. The number of amides is 1. The van der Waals surface area contributed by atoms with Crippen LogP contribution in [-0.4, -0.2) is 53.3 Å². The van der Waals surface area contributed by atoms with Crippen molar-refractivity contribution in [2.24, 2.45) is 0 Å². The van der Waals surface area contributed by atoms with Crippen LogP contribution in [0.25, 0.3) is 6.08 Å². The topological polar surface area (TPSA) is 82.0 Å². The van der Waals surface area contributed by atoms with Crippen molar-refractivity contribution in [3.05, 3.63) is 114 Å². The number of carbonyl (C=O) groups excluding carboxylic acids is 1. The lowest BCUT2D eigenvalue weighted by molar-refractivity contribution is -0.116. The number of benzene rings is 3. The molecule has 1 saturated heterocycles. The molecule has 1 amide bonds. The summed E-state index contributed by atoms with van der Waals surface area (Å²) < 4.78 is 6.65. The average Bonchev–Trinajstić information content (AvgIpc) is 2.97. The van der Waals surface area contributed by atoms with Crippen molar-refractivity contribution in [1.82, 2.24) is 10.2 Å². The summed E-state index contributed by atoms with van der Waals surface area (Å²) in [6.07, 6.45) is 10.8. The molecule has 0 radical (unpaired) electrons. The molecule has 204 valence electrons. The number of hydrogen-bond donors (Lipinski definition) is 3. The summed E-state index contributed by atoms with van der Waals surface area (Å²) in [5, 5.41) is 21.8. The Balaban J connectivity index is 1.11. The van der Waals surface area contributed by atoms with E-state index in [4.69, 9.17) is 4.74 Å². The van der Waals surface area contributed by atoms with Crippen LogP contribution in [0.15, 0.2) is 97.1 Å². The fourth-order valence-electron chi connectivity index (χ4n) is 4.75. The number of nitrogens with one attached hydrogen (secondary N) is 1. The normalized spacial score (nSPS) is 14.9. The number of phenolic OH excluding ortho intramolecular Hbond substituents is 2. The summed E-state index contributed by atoms with van der Waals surface area (Å²) in [6.45, 7) is 3.73. The second-order valence-corrected chi connectivity index (χ2v) is 9.84. The fourth-order valence-corrected chi connectivity index (χ4v) is 4.75. The number of unbranched alkanes of at least 4 members (excludes halogenated alkanes) is 1. The van der Waals surface area contributed by atoms with Crippen LogP contribution < -0.4 is 5.32 Å². The Hall–Kier alpha value is -3.87. The number of allylic oxidation sites excluding steroid dienone is 2. The zero-order valence-corrected chi connectivity index (χ0v) is 22.3. The molecule has 6 nitrogen and oxygen atoms in total. The molecule has 3 N–H and O–H groups in total. The van der Waals surface area contributed by atoms with Gasteiger partial charge < -0.3 is 25.2 Å². The van der Waals surface area contributed by atoms with E-state index in [1.807, 2.05) is 12.1 Å². The maximum atomic E-state index is 12.0. The number of piperidine rings is 1. The standard InChI is InChI=1S/C33H38N2O4/c36-30-18-17-26(25-31(30)37)11-7-8-16-32(38)34-21-9-10-22-35-23-19-29(20-24-35)39-33(27-12-3-1-4-13-27)28-14-5-2-6-15-28/h1-8,11-18,25,29,33,36-37H,9-10,19-24H2,(H,34,38). The average molecular weight is 527 g/mol. The van der Waals surface area contributed by atoms with Crippen LogP contribution >= 0.6 is 0 Å². The smallest absolute Gasteiger partial charge is 0.243 e. The maximum Gasteiger partial charge on any atom is 0.243 e. The van der Waals surface area contributed by atoms with Gasteiger partial charge in [0.05, 0.1) is 6.10 Å². The molecule has 0 unspecified atom stereocenters. The molecule has 1 fully saturated rings. The van der Waals surface area contributed by atoms with Crippen molar-refractivity contribution in [3.8, 4) is 11.5 Å². The number of ether oxygens (including phenoxy) is 1. The van der Waals surface area contributed by atoms with E-state index >= 15 is 0 Å². The van der Waals surface area contributed by atoms with Crippen LogP contribution in [0.3, 0.4) is 0 Å². The highest BCUT2D eigenvalue weighted by Gasteiger charge is 2.24. The summed E-state index contributed by atoms with van der Waals surface area (Å²) in [5.41, 5.74) is 3.12. The number of likely N-dealkylation sites (tertiary alicyclic amines) is 1. The molecule has 3 aromatic carbocycles. The highest BCUT2D eigenvalue weighted by Crippen LogP contribution is 2.30. The van der Waals surface area contributed by atoms with Gasteiger partial charge in [-0.1, -0.05) is 85.0 Å². The minimum atomic E-state index is -0.170. The lowest BCUT2D eigenvalue weighted by Gasteiger charge is -2.34. The predicted octanol–water partition coefficient (Wildman–Crippen LogP) is 5.83. The van der Waals surface area contributed by atoms with Crippen molar-refractivity contribution in [2.45, 2.75) is 37.9 Å². The highest BCUT2D eigenvalue weighted by atomic mass is 16.5. The van der Waals surface area contributed by atoms with Gasteiger partial charge in [-0.2, -0.15) is 0 Å². The molecular weight excluding hydrogens is 488 g/mol. The molecule has 0 atom stereocenters. The Morgan fingerprint density at radius 1 is 0.897 bits per heavy atom. The molecule has 6 heteroatoms. The van der Waals surface area contributed by atoms with Gasteiger partial charge in [0.1, 0.15) is 6.10 Å². The monoisotopic (exact) mass is 526 g/mol. The molecule has 3 aromatic rings. The first kappa shape index (κ1) is 28.1. The van der Waals surface area contributed by atoms with Crippen molar-refractivity contribution < 1.29 is 19.7 Å². The van der Waals surface area contributed by atoms with Gasteiger partial charge >= 0.3 is 0 Å². The van der Waals surface area contributed by atoms with Crippen LogP contribution in [-0.2, 0) is 9.53 Å². The summed E-state index contributed by atoms with van der Waals surface area (Å²) in [5.74, 6) is -0.453. The number of rotatable bonds is 12. The minimum Gasteiger partial charge on any atom is -0.504 e. The Bertz CT molecular complexity index is 1180. The lowest BCUT2D eigenvalue weighted by atomic mass is 10.00. The summed E-state index contributed by atoms with van der Waals surface area (Å²) in [7, 11) is 0. The second-order valence-electron chi connectivity index (χ2n) is 9.84. The Morgan fingerprint density at radius 3 is 2.21 bits per heavy atom. The molecule has 0 saturated carbocycles. The van der Waals surface area contributed by atoms with Crippen LogP contribution in [0.2, 0.25) is 0 Å². The van der Waals surface area contributed by atoms with Crippen LogP contribution in [0.5, 0.6) is 11.5 Å². The van der Waals surface area contributed by atoms with Gasteiger partial charge in [0.25, 0.3) is 0 Å². The molecular formula is C33H38N2O4. The summed E-state index contributed by atoms with van der Waals surface area (Å²) in [6, 6.07) is 25.5. The van der Waals surface area contributed by atoms with E-state index in [9.17, 15) is 15.0 Å². The van der Waals surface area contributed by atoms with Crippen molar-refractivity contribution in [3.63, 3.8) is 0 Å². The first-order chi connectivity index (χ1) is 19.1. The molecule has 1 aliphatic heterocycles. The van der Waals surface area contributed by atoms with Gasteiger partial charge in [-0.15, -0.1) is 0 Å². The zero-order chi connectivity index (χ0) is 27.3. The van der Waals surface area contributed by atoms with E-state index in [0.717, 1.165) is 50.9 Å². The van der Waals surface area contributed by atoms with Crippen molar-refractivity contribution in [1.29, 1.82) is 0 Å². The van der Waals surface area contributed by atoms with E-state index in [0.29, 0.717) is 6.54 Å². The van der Waals surface area contributed by atoms with Gasteiger partial charge in [0, 0.05) is 25.7 Å². The Kier molecular flexibility index (Phi) is 10.8. The quantitative estimate of drug-likeness (QED) is 0.120. The zero-order valence-electron chi connectivity index (χ0n) is 22.3. The van der Waals surface area contributed by atoms with Crippen molar-refractivity contribution in [2.75, 3.05) is 26.2 Å². The van der Waals surface area contributed by atoms with Crippen LogP contribution in [0.4, 0.5) is 0 Å². The third kappa shape index (κ3) is 9.13. The Labute approximate surface area is 231 Å². The SMILES string of the molecule is O=C(C=CC=Cc1ccc(O)c(O)c1)NCCCCN1CCC(OC(c2ccccc2)c2ccccc2)CC1. The third-order valence-electron chi connectivity index (χ3n) is 6.91. The number of carbonyl (C=O) groups is 1. The summed E-state index contributed by atoms with van der Waals surface area (Å²) in [4.78, 5) is 14.5. The molecule has 0 spiro atoms. The molecule has 1 heterocycles. The largest absolute Gasteiger partial charge is 0.504 e. The van der Waals surface area contributed by atoms with Crippen LogP contribution in [0.1, 0.15) is 48.5 Å². The van der Waals surface area contributed by atoms with Gasteiger partial charge in [-0.05, 0) is 61.1 Å². The maximum absolute atomic E-state index is 12.0. The first-order valence-corrected chi connectivity index (χ1v) is 13.7. The van der Waals surface area contributed by atoms with Gasteiger partial charge in [-0.3, -0.25) is 4.79 Å². The Morgan fingerprint density at radius 2 is 1.56 bits per heavy atom. The molecule has 0 aromatic heterocycles. The van der Waals surface area contributed by atoms with E-state index in [1.165, 1.54) is 29.3 Å². The first-order valence-electron chi connectivity index (χ1n) is 13.7. The number of phenols is 2. The van der Waals surface area contributed by atoms with Crippen LogP contribution in [0, 0.1) is 0 Å². The third-order valence-corrected chi connectivity index (χ3v) is 6.91. The molecule has 1 aliphatic rings. The second kappa shape index (κ2) is 14.9.